The highest BCUT2D eigenvalue weighted by Gasteiger charge is 2.23. The molecule has 0 bridgehead atoms. The van der Waals surface area contributed by atoms with Crippen molar-refractivity contribution in [2.75, 3.05) is 4.90 Å². The molecule has 2 heterocycles. The maximum absolute atomic E-state index is 3.99. The third kappa shape index (κ3) is 1.80. The van der Waals surface area contributed by atoms with Gasteiger partial charge in [-0.1, -0.05) is 36.9 Å². The second-order valence-electron chi connectivity index (χ2n) is 5.25. The number of H-pyrrole nitrogens is 1. The largest absolute Gasteiger partial charge is 0.361 e. The number of hydrogen-bond donors (Lipinski definition) is 1. The predicted molar refractivity (Wildman–Crippen MR) is 87.8 cm³/mol. The van der Waals surface area contributed by atoms with Crippen LogP contribution in [-0.2, 0) is 6.42 Å². The molecule has 4 rings (SSSR count). The fourth-order valence-electron chi connectivity index (χ4n) is 3.15. The molecule has 0 radical (unpaired) electrons. The van der Waals surface area contributed by atoms with Gasteiger partial charge in [0.2, 0.25) is 0 Å². The lowest BCUT2D eigenvalue weighted by Gasteiger charge is -2.31. The number of nitrogens with one attached hydrogen (secondary N) is 1. The van der Waals surface area contributed by atoms with Gasteiger partial charge in [0, 0.05) is 41.4 Å². The zero-order valence-electron chi connectivity index (χ0n) is 11.7. The lowest BCUT2D eigenvalue weighted by atomic mass is 9.91. The van der Waals surface area contributed by atoms with Gasteiger partial charge in [-0.15, -0.1) is 0 Å². The zero-order valence-corrected chi connectivity index (χ0v) is 11.7. The van der Waals surface area contributed by atoms with Gasteiger partial charge in [-0.2, -0.15) is 0 Å². The second kappa shape index (κ2) is 4.67. The fourth-order valence-corrected chi connectivity index (χ4v) is 3.15. The molecule has 0 fully saturated rings. The standard InChI is InChI=1S/C19H16N2/c1-2-21-18-10-4-3-7-14(18)13-16-15(8-5-11-19(16)21)17-9-6-12-20-17/h2-12,20H,1,13H2. The Morgan fingerprint density at radius 1 is 0.952 bits per heavy atom. The van der Waals surface area contributed by atoms with Crippen molar-refractivity contribution in [1.29, 1.82) is 0 Å². The Morgan fingerprint density at radius 3 is 2.62 bits per heavy atom. The van der Waals surface area contributed by atoms with E-state index in [0.29, 0.717) is 0 Å². The minimum atomic E-state index is 0.949. The summed E-state index contributed by atoms with van der Waals surface area (Å²) >= 11 is 0. The van der Waals surface area contributed by atoms with Crippen LogP contribution >= 0.6 is 0 Å². The van der Waals surface area contributed by atoms with Gasteiger partial charge < -0.3 is 9.88 Å². The van der Waals surface area contributed by atoms with Gasteiger partial charge in [-0.25, -0.2) is 0 Å². The summed E-state index contributed by atoms with van der Waals surface area (Å²) in [7, 11) is 0. The van der Waals surface area contributed by atoms with Crippen LogP contribution in [0.2, 0.25) is 0 Å². The molecule has 21 heavy (non-hydrogen) atoms. The van der Waals surface area contributed by atoms with E-state index < -0.39 is 0 Å². The van der Waals surface area contributed by atoms with E-state index in [1.807, 2.05) is 18.5 Å². The normalized spacial score (nSPS) is 12.7. The molecule has 102 valence electrons. The number of benzene rings is 2. The number of aromatic amines is 1. The van der Waals surface area contributed by atoms with E-state index >= 15 is 0 Å². The second-order valence-corrected chi connectivity index (χ2v) is 5.25. The highest BCUT2D eigenvalue weighted by molar-refractivity contribution is 5.82. The lowest BCUT2D eigenvalue weighted by molar-refractivity contribution is 1.09. The number of anilines is 2. The Kier molecular flexibility index (Phi) is 2.68. The van der Waals surface area contributed by atoms with Crippen molar-refractivity contribution in [3.63, 3.8) is 0 Å². The molecular formula is C19H16N2. The SMILES string of the molecule is C=CN1c2ccccc2Cc2c(-c3ccc[nH]3)cccc21. The Balaban J connectivity index is 1.96. The third-order valence-corrected chi connectivity index (χ3v) is 4.10. The predicted octanol–water partition coefficient (Wildman–Crippen LogP) is 4.87. The number of nitrogens with zero attached hydrogens (tertiary/aromatic N) is 1. The molecule has 0 unspecified atom stereocenters. The Morgan fingerprint density at radius 2 is 1.81 bits per heavy atom. The lowest BCUT2D eigenvalue weighted by Crippen LogP contribution is -2.17. The smallest absolute Gasteiger partial charge is 0.0497 e. The van der Waals surface area contributed by atoms with E-state index in [9.17, 15) is 0 Å². The Hall–Kier alpha value is -2.74. The van der Waals surface area contributed by atoms with Crippen LogP contribution in [0.25, 0.3) is 11.3 Å². The van der Waals surface area contributed by atoms with Crippen LogP contribution in [0.1, 0.15) is 11.1 Å². The van der Waals surface area contributed by atoms with Gasteiger partial charge in [0.15, 0.2) is 0 Å². The monoisotopic (exact) mass is 272 g/mol. The van der Waals surface area contributed by atoms with Gasteiger partial charge in [-0.05, 0) is 35.4 Å². The minimum absolute atomic E-state index is 0.949. The van der Waals surface area contributed by atoms with Crippen molar-refractivity contribution in [1.82, 2.24) is 4.98 Å². The Bertz CT molecular complexity index is 800. The topological polar surface area (TPSA) is 19.0 Å². The molecular weight excluding hydrogens is 256 g/mol. The first-order chi connectivity index (χ1) is 10.4. The van der Waals surface area contributed by atoms with Gasteiger partial charge >= 0.3 is 0 Å². The molecule has 0 aliphatic carbocycles. The van der Waals surface area contributed by atoms with Crippen molar-refractivity contribution in [3.05, 3.63) is 84.7 Å². The summed E-state index contributed by atoms with van der Waals surface area (Å²) in [6.45, 7) is 3.99. The molecule has 0 amide bonds. The van der Waals surface area contributed by atoms with Crippen LogP contribution in [0.5, 0.6) is 0 Å². The molecule has 0 saturated carbocycles. The zero-order chi connectivity index (χ0) is 14.2. The van der Waals surface area contributed by atoms with E-state index in [1.165, 1.54) is 28.1 Å². The maximum atomic E-state index is 3.99. The molecule has 1 N–H and O–H groups in total. The average Bonchev–Trinajstić information content (AvgIpc) is 3.06. The summed E-state index contributed by atoms with van der Waals surface area (Å²) in [5, 5.41) is 0. The van der Waals surface area contributed by atoms with Crippen LogP contribution in [-0.4, -0.2) is 4.98 Å². The van der Waals surface area contributed by atoms with Crippen LogP contribution in [0.4, 0.5) is 11.4 Å². The quantitative estimate of drug-likeness (QED) is 0.705. The van der Waals surface area contributed by atoms with E-state index in [0.717, 1.165) is 12.1 Å². The van der Waals surface area contributed by atoms with Crippen molar-refractivity contribution in [2.45, 2.75) is 6.42 Å². The highest BCUT2D eigenvalue weighted by atomic mass is 15.1. The molecule has 1 aliphatic heterocycles. The molecule has 0 spiro atoms. The highest BCUT2D eigenvalue weighted by Crippen LogP contribution is 2.42. The number of rotatable bonds is 2. The fraction of sp³-hybridized carbons (Fsp3) is 0.0526. The van der Waals surface area contributed by atoms with Crippen LogP contribution in [0, 0.1) is 0 Å². The molecule has 2 heteroatoms. The van der Waals surface area contributed by atoms with E-state index in [-0.39, 0.29) is 0 Å². The van der Waals surface area contributed by atoms with Crippen LogP contribution in [0.15, 0.2) is 73.6 Å². The van der Waals surface area contributed by atoms with Crippen LogP contribution in [0.3, 0.4) is 0 Å². The number of hydrogen-bond acceptors (Lipinski definition) is 1. The van der Waals surface area contributed by atoms with Crippen molar-refractivity contribution >= 4 is 11.4 Å². The molecule has 2 nitrogen and oxygen atoms in total. The van der Waals surface area contributed by atoms with Gasteiger partial charge in [-0.3, -0.25) is 0 Å². The van der Waals surface area contributed by atoms with Gasteiger partial charge in [0.25, 0.3) is 0 Å². The molecule has 3 aromatic rings. The number of aromatic nitrogens is 1. The van der Waals surface area contributed by atoms with E-state index in [4.69, 9.17) is 0 Å². The molecule has 2 aromatic carbocycles. The maximum Gasteiger partial charge on any atom is 0.0497 e. The number of fused-ring (bicyclic) bond motifs is 2. The molecule has 0 saturated heterocycles. The third-order valence-electron chi connectivity index (χ3n) is 4.10. The van der Waals surface area contributed by atoms with Crippen molar-refractivity contribution in [3.8, 4) is 11.3 Å². The van der Waals surface area contributed by atoms with E-state index in [2.05, 4.69) is 65.0 Å². The average molecular weight is 272 g/mol. The first-order valence-corrected chi connectivity index (χ1v) is 7.14. The summed E-state index contributed by atoms with van der Waals surface area (Å²) < 4.78 is 0. The van der Waals surface area contributed by atoms with Crippen LogP contribution < -0.4 is 4.90 Å². The summed E-state index contributed by atoms with van der Waals surface area (Å²) in [4.78, 5) is 5.50. The molecule has 1 aliphatic rings. The molecule has 0 atom stereocenters. The molecule has 1 aromatic heterocycles. The summed E-state index contributed by atoms with van der Waals surface area (Å²) in [6, 6.07) is 19.1. The Labute approximate surface area is 124 Å². The minimum Gasteiger partial charge on any atom is -0.361 e. The summed E-state index contributed by atoms with van der Waals surface area (Å²) in [6.07, 6.45) is 4.82. The van der Waals surface area contributed by atoms with Crippen molar-refractivity contribution in [2.24, 2.45) is 0 Å². The van der Waals surface area contributed by atoms with Gasteiger partial charge in [0.1, 0.15) is 0 Å². The summed E-state index contributed by atoms with van der Waals surface area (Å²) in [5.41, 5.74) is 7.55. The van der Waals surface area contributed by atoms with Gasteiger partial charge in [0.05, 0.1) is 0 Å². The first kappa shape index (κ1) is 12.0. The van der Waals surface area contributed by atoms with Crippen molar-refractivity contribution < 1.29 is 0 Å². The first-order valence-electron chi connectivity index (χ1n) is 7.14. The van der Waals surface area contributed by atoms with E-state index in [1.54, 1.807) is 0 Å². The summed E-state index contributed by atoms with van der Waals surface area (Å²) in [5.74, 6) is 0. The number of para-hydroxylation sites is 1.